The molecule has 3 aliphatic rings. The number of fused-ring (bicyclic) bond motifs is 2. The molecule has 1 aliphatic carbocycles. The molecule has 6 heteroatoms. The lowest BCUT2D eigenvalue weighted by Gasteiger charge is -2.35. The smallest absolute Gasteiger partial charge is 0.160 e. The summed E-state index contributed by atoms with van der Waals surface area (Å²) >= 11 is 0. The molecule has 3 fully saturated rings. The normalized spacial score (nSPS) is 60.8. The maximum absolute atomic E-state index is 9.60. The van der Waals surface area contributed by atoms with E-state index in [4.69, 9.17) is 9.47 Å². The summed E-state index contributed by atoms with van der Waals surface area (Å²) in [5.74, 6) is -0.723. The van der Waals surface area contributed by atoms with Crippen molar-refractivity contribution in [2.45, 2.75) is 38.0 Å². The largest absolute Gasteiger partial charge is 0.368 e. The van der Waals surface area contributed by atoms with Crippen LogP contribution in [0.1, 0.15) is 12.8 Å². The summed E-state index contributed by atoms with van der Waals surface area (Å²) < 4.78 is 9.90. The molecule has 0 spiro atoms. The van der Waals surface area contributed by atoms with Crippen molar-refractivity contribution < 1.29 is 29.9 Å². The maximum Gasteiger partial charge on any atom is 0.160 e. The second-order valence-corrected chi connectivity index (χ2v) is 4.96. The van der Waals surface area contributed by atoms with Crippen LogP contribution in [0.4, 0.5) is 0 Å². The molecule has 0 aromatic rings. The van der Waals surface area contributed by atoms with Crippen molar-refractivity contribution in [2.75, 3.05) is 0 Å². The van der Waals surface area contributed by atoms with Gasteiger partial charge in [0, 0.05) is 23.7 Å². The van der Waals surface area contributed by atoms with Gasteiger partial charge in [-0.1, -0.05) is 0 Å². The second kappa shape index (κ2) is 3.63. The minimum atomic E-state index is -0.981. The topological polar surface area (TPSA) is 99.4 Å². The molecule has 0 bridgehead atoms. The molecule has 92 valence electrons. The highest BCUT2D eigenvalue weighted by Gasteiger charge is 2.55. The molecule has 8 unspecified atom stereocenters. The molecular weight excluding hydrogens is 216 g/mol. The fourth-order valence-corrected chi connectivity index (χ4v) is 3.33. The maximum atomic E-state index is 9.60. The number of aliphatic hydroxyl groups excluding tert-OH is 4. The summed E-state index contributed by atoms with van der Waals surface area (Å²) in [6.07, 6.45) is -2.91. The van der Waals surface area contributed by atoms with Gasteiger partial charge in [0.1, 0.15) is 0 Å². The van der Waals surface area contributed by atoms with Gasteiger partial charge < -0.3 is 29.9 Å². The van der Waals surface area contributed by atoms with Crippen molar-refractivity contribution in [2.24, 2.45) is 23.7 Å². The van der Waals surface area contributed by atoms with Crippen LogP contribution in [0.3, 0.4) is 0 Å². The Kier molecular flexibility index (Phi) is 2.47. The summed E-state index contributed by atoms with van der Waals surface area (Å²) in [5.41, 5.74) is 0. The van der Waals surface area contributed by atoms with Gasteiger partial charge in [-0.25, -0.2) is 0 Å². The second-order valence-electron chi connectivity index (χ2n) is 4.96. The molecule has 2 saturated heterocycles. The van der Waals surface area contributed by atoms with Crippen LogP contribution < -0.4 is 0 Å². The van der Waals surface area contributed by atoms with E-state index in [2.05, 4.69) is 0 Å². The third-order valence-corrected chi connectivity index (χ3v) is 4.21. The highest BCUT2D eigenvalue weighted by Crippen LogP contribution is 2.50. The quantitative estimate of drug-likeness (QED) is 0.409. The number of hydrogen-bond donors (Lipinski definition) is 4. The molecule has 0 aromatic heterocycles. The number of hydrogen-bond acceptors (Lipinski definition) is 6. The molecule has 0 amide bonds. The van der Waals surface area contributed by atoms with Crippen molar-refractivity contribution in [3.63, 3.8) is 0 Å². The summed E-state index contributed by atoms with van der Waals surface area (Å²) in [5, 5.41) is 38.4. The van der Waals surface area contributed by atoms with Crippen LogP contribution in [-0.2, 0) is 9.47 Å². The van der Waals surface area contributed by atoms with E-state index >= 15 is 0 Å². The van der Waals surface area contributed by atoms with Gasteiger partial charge in [-0.3, -0.25) is 0 Å². The SMILES string of the molecule is OC1OC(O)C2CC3C(O)OC(O)C3CC12. The standard InChI is InChI=1S/C10H16O6/c11-7-3-1-4-6(10(14)16-8(4)12)2-5(3)9(13)15-7/h3-14H,1-2H2. The van der Waals surface area contributed by atoms with Gasteiger partial charge in [0.05, 0.1) is 0 Å². The van der Waals surface area contributed by atoms with Crippen LogP contribution in [0.25, 0.3) is 0 Å². The van der Waals surface area contributed by atoms with E-state index < -0.39 is 25.2 Å². The van der Waals surface area contributed by atoms with E-state index in [1.165, 1.54) is 0 Å². The lowest BCUT2D eigenvalue weighted by Crippen LogP contribution is -2.38. The molecule has 2 heterocycles. The summed E-state index contributed by atoms with van der Waals surface area (Å²) in [6.45, 7) is 0. The Labute approximate surface area is 92.4 Å². The predicted octanol–water partition coefficient (Wildman–Crippen LogP) is -1.42. The first-order valence-electron chi connectivity index (χ1n) is 5.61. The molecule has 8 atom stereocenters. The first kappa shape index (κ1) is 10.9. The van der Waals surface area contributed by atoms with Crippen molar-refractivity contribution >= 4 is 0 Å². The Morgan fingerprint density at radius 1 is 0.562 bits per heavy atom. The van der Waals surface area contributed by atoms with Crippen molar-refractivity contribution in [1.29, 1.82) is 0 Å². The Balaban J connectivity index is 1.81. The summed E-state index contributed by atoms with van der Waals surface area (Å²) in [6, 6.07) is 0. The number of rotatable bonds is 0. The Bertz CT molecular complexity index is 232. The molecular formula is C10H16O6. The molecule has 1 saturated carbocycles. The van der Waals surface area contributed by atoms with E-state index in [-0.39, 0.29) is 23.7 Å². The fraction of sp³-hybridized carbons (Fsp3) is 1.00. The highest BCUT2D eigenvalue weighted by atomic mass is 16.7. The minimum Gasteiger partial charge on any atom is -0.368 e. The van der Waals surface area contributed by atoms with Gasteiger partial charge in [-0.2, -0.15) is 0 Å². The Morgan fingerprint density at radius 2 is 0.812 bits per heavy atom. The number of ether oxygens (including phenoxy) is 2. The zero-order chi connectivity index (χ0) is 11.4. The summed E-state index contributed by atoms with van der Waals surface area (Å²) in [4.78, 5) is 0. The molecule has 2 aliphatic heterocycles. The lowest BCUT2D eigenvalue weighted by molar-refractivity contribution is -0.182. The van der Waals surface area contributed by atoms with Gasteiger partial charge in [0.25, 0.3) is 0 Å². The van der Waals surface area contributed by atoms with Gasteiger partial charge in [-0.15, -0.1) is 0 Å². The summed E-state index contributed by atoms with van der Waals surface area (Å²) in [7, 11) is 0. The molecule has 0 aromatic carbocycles. The minimum absolute atomic E-state index is 0.181. The van der Waals surface area contributed by atoms with Crippen LogP contribution >= 0.6 is 0 Å². The number of aliphatic hydroxyl groups is 4. The van der Waals surface area contributed by atoms with E-state index in [1.807, 2.05) is 0 Å². The molecule has 4 N–H and O–H groups in total. The third-order valence-electron chi connectivity index (χ3n) is 4.21. The fourth-order valence-electron chi connectivity index (χ4n) is 3.33. The van der Waals surface area contributed by atoms with Crippen LogP contribution in [0.5, 0.6) is 0 Å². The molecule has 0 radical (unpaired) electrons. The molecule has 6 nitrogen and oxygen atoms in total. The third kappa shape index (κ3) is 1.42. The van der Waals surface area contributed by atoms with Crippen LogP contribution in [0, 0.1) is 23.7 Å². The predicted molar refractivity (Wildman–Crippen MR) is 49.4 cm³/mol. The van der Waals surface area contributed by atoms with Crippen molar-refractivity contribution in [3.05, 3.63) is 0 Å². The lowest BCUT2D eigenvalue weighted by atomic mass is 9.69. The first-order valence-corrected chi connectivity index (χ1v) is 5.61. The average molecular weight is 232 g/mol. The van der Waals surface area contributed by atoms with E-state index in [9.17, 15) is 20.4 Å². The van der Waals surface area contributed by atoms with Crippen LogP contribution in [0.15, 0.2) is 0 Å². The van der Waals surface area contributed by atoms with Gasteiger partial charge >= 0.3 is 0 Å². The van der Waals surface area contributed by atoms with Crippen molar-refractivity contribution in [3.8, 4) is 0 Å². The average Bonchev–Trinajstić information content (AvgIpc) is 2.67. The van der Waals surface area contributed by atoms with Gasteiger partial charge in [0.15, 0.2) is 25.2 Å². The monoisotopic (exact) mass is 232 g/mol. The molecule has 16 heavy (non-hydrogen) atoms. The molecule has 3 rings (SSSR count). The van der Waals surface area contributed by atoms with E-state index in [0.717, 1.165) is 0 Å². The van der Waals surface area contributed by atoms with Crippen LogP contribution in [0.2, 0.25) is 0 Å². The Hall–Kier alpha value is -0.240. The van der Waals surface area contributed by atoms with Crippen molar-refractivity contribution in [1.82, 2.24) is 0 Å². The van der Waals surface area contributed by atoms with E-state index in [0.29, 0.717) is 12.8 Å². The first-order chi connectivity index (χ1) is 7.58. The highest BCUT2D eigenvalue weighted by molar-refractivity contribution is 4.95. The van der Waals surface area contributed by atoms with Gasteiger partial charge in [0.2, 0.25) is 0 Å². The van der Waals surface area contributed by atoms with E-state index in [1.54, 1.807) is 0 Å². The van der Waals surface area contributed by atoms with Crippen LogP contribution in [-0.4, -0.2) is 45.6 Å². The zero-order valence-electron chi connectivity index (χ0n) is 8.64. The van der Waals surface area contributed by atoms with Gasteiger partial charge in [-0.05, 0) is 12.8 Å². The Morgan fingerprint density at radius 3 is 1.06 bits per heavy atom. The zero-order valence-corrected chi connectivity index (χ0v) is 8.64.